The van der Waals surface area contributed by atoms with E-state index in [0.29, 0.717) is 0 Å². The van der Waals surface area contributed by atoms with Crippen LogP contribution < -0.4 is 5.73 Å². The van der Waals surface area contributed by atoms with Crippen molar-refractivity contribution in [2.24, 2.45) is 5.73 Å². The number of hydrogen-bond donors (Lipinski definition) is 2. The molecule has 2 nitrogen and oxygen atoms in total. The van der Waals surface area contributed by atoms with Gasteiger partial charge in [-0.05, 0) is 35.6 Å². The van der Waals surface area contributed by atoms with E-state index < -0.39 is 0 Å². The van der Waals surface area contributed by atoms with E-state index in [1.54, 1.807) is 0 Å². The van der Waals surface area contributed by atoms with Crippen LogP contribution in [0.3, 0.4) is 0 Å². The van der Waals surface area contributed by atoms with Crippen LogP contribution in [0, 0.1) is 0 Å². The largest absolute Gasteiger partial charge is 0.396 e. The van der Waals surface area contributed by atoms with E-state index in [4.69, 9.17) is 10.8 Å². The Kier molecular flexibility index (Phi) is 4.51. The minimum atomic E-state index is 0.000752. The zero-order valence-corrected chi connectivity index (χ0v) is 10.4. The van der Waals surface area contributed by atoms with Crippen molar-refractivity contribution in [3.63, 3.8) is 0 Å². The molecule has 0 aromatic heterocycles. The number of nitrogens with two attached hydrogens (primary N) is 1. The second-order valence-electron chi connectivity index (χ2n) is 4.46. The van der Waals surface area contributed by atoms with Gasteiger partial charge in [-0.2, -0.15) is 0 Å². The highest BCUT2D eigenvalue weighted by Crippen LogP contribution is 2.23. The number of benzene rings is 2. The van der Waals surface area contributed by atoms with Gasteiger partial charge in [-0.25, -0.2) is 0 Å². The minimum absolute atomic E-state index is 0.000752. The zero-order valence-electron chi connectivity index (χ0n) is 10.4. The quantitative estimate of drug-likeness (QED) is 0.844. The highest BCUT2D eigenvalue weighted by Gasteiger charge is 2.06. The highest BCUT2D eigenvalue weighted by atomic mass is 16.2. The van der Waals surface area contributed by atoms with Crippen molar-refractivity contribution in [2.45, 2.75) is 18.9 Å². The molecule has 2 heteroatoms. The second kappa shape index (κ2) is 6.34. The fourth-order valence-electron chi connectivity index (χ4n) is 2.06. The van der Waals surface area contributed by atoms with Gasteiger partial charge in [0.15, 0.2) is 0 Å². The Morgan fingerprint density at radius 2 is 1.67 bits per heavy atom. The average molecular weight is 241 g/mol. The van der Waals surface area contributed by atoms with E-state index in [-0.39, 0.29) is 12.6 Å². The maximum absolute atomic E-state index is 8.84. The lowest BCUT2D eigenvalue weighted by Crippen LogP contribution is -2.10. The zero-order chi connectivity index (χ0) is 12.8. The molecule has 0 bridgehead atoms. The molecule has 0 fully saturated rings. The Hall–Kier alpha value is -1.64. The van der Waals surface area contributed by atoms with E-state index in [1.807, 2.05) is 24.3 Å². The van der Waals surface area contributed by atoms with Crippen LogP contribution in [0.15, 0.2) is 54.6 Å². The summed E-state index contributed by atoms with van der Waals surface area (Å²) in [5.74, 6) is 0. The van der Waals surface area contributed by atoms with Crippen LogP contribution in [0.4, 0.5) is 0 Å². The summed E-state index contributed by atoms with van der Waals surface area (Å²) in [7, 11) is 0. The number of aliphatic hydroxyl groups is 1. The molecule has 2 aromatic rings. The van der Waals surface area contributed by atoms with Gasteiger partial charge in [0, 0.05) is 12.6 Å². The number of aliphatic hydroxyl groups excluding tert-OH is 1. The first-order valence-electron chi connectivity index (χ1n) is 6.33. The summed E-state index contributed by atoms with van der Waals surface area (Å²) in [5.41, 5.74) is 9.64. The van der Waals surface area contributed by atoms with Gasteiger partial charge in [0.05, 0.1) is 0 Å². The summed E-state index contributed by atoms with van der Waals surface area (Å²) in [5, 5.41) is 8.84. The molecule has 3 N–H and O–H groups in total. The summed E-state index contributed by atoms with van der Waals surface area (Å²) in [6, 6.07) is 18.6. The standard InChI is InChI=1S/C16H19NO/c17-16(10-5-11-18)15-9-4-8-14(12-15)13-6-2-1-3-7-13/h1-4,6-9,12,16,18H,5,10-11,17H2/t16-/m0/s1. The van der Waals surface area contributed by atoms with Gasteiger partial charge in [0.2, 0.25) is 0 Å². The lowest BCUT2D eigenvalue weighted by Gasteiger charge is -2.12. The predicted molar refractivity (Wildman–Crippen MR) is 75.1 cm³/mol. The lowest BCUT2D eigenvalue weighted by atomic mass is 9.98. The van der Waals surface area contributed by atoms with E-state index >= 15 is 0 Å². The van der Waals surface area contributed by atoms with Gasteiger partial charge < -0.3 is 10.8 Å². The third-order valence-corrected chi connectivity index (χ3v) is 3.10. The summed E-state index contributed by atoms with van der Waals surface area (Å²) in [6.45, 7) is 0.200. The minimum Gasteiger partial charge on any atom is -0.396 e. The summed E-state index contributed by atoms with van der Waals surface area (Å²) in [4.78, 5) is 0. The highest BCUT2D eigenvalue weighted by molar-refractivity contribution is 5.64. The monoisotopic (exact) mass is 241 g/mol. The van der Waals surface area contributed by atoms with Crippen molar-refractivity contribution in [1.82, 2.24) is 0 Å². The first kappa shape index (κ1) is 12.8. The molecule has 94 valence electrons. The molecule has 2 rings (SSSR count). The lowest BCUT2D eigenvalue weighted by molar-refractivity contribution is 0.280. The van der Waals surface area contributed by atoms with Crippen molar-refractivity contribution in [3.8, 4) is 11.1 Å². The fraction of sp³-hybridized carbons (Fsp3) is 0.250. The van der Waals surface area contributed by atoms with Crippen molar-refractivity contribution in [3.05, 3.63) is 60.2 Å². The van der Waals surface area contributed by atoms with Gasteiger partial charge in [-0.3, -0.25) is 0 Å². The summed E-state index contributed by atoms with van der Waals surface area (Å²) < 4.78 is 0. The molecule has 0 aliphatic carbocycles. The number of rotatable bonds is 5. The van der Waals surface area contributed by atoms with Crippen LogP contribution in [0.5, 0.6) is 0 Å². The fourth-order valence-corrected chi connectivity index (χ4v) is 2.06. The SMILES string of the molecule is N[C@@H](CCCO)c1cccc(-c2ccccc2)c1. The van der Waals surface area contributed by atoms with E-state index in [0.717, 1.165) is 18.4 Å². The molecule has 18 heavy (non-hydrogen) atoms. The molecule has 0 amide bonds. The van der Waals surface area contributed by atoms with E-state index in [1.165, 1.54) is 11.1 Å². The molecular formula is C16H19NO. The third kappa shape index (κ3) is 3.19. The first-order chi connectivity index (χ1) is 8.81. The third-order valence-electron chi connectivity index (χ3n) is 3.10. The van der Waals surface area contributed by atoms with Crippen LogP contribution in [0.2, 0.25) is 0 Å². The van der Waals surface area contributed by atoms with Crippen LogP contribution in [-0.4, -0.2) is 11.7 Å². The van der Waals surface area contributed by atoms with Gasteiger partial charge >= 0.3 is 0 Å². The molecule has 0 heterocycles. The van der Waals surface area contributed by atoms with Gasteiger partial charge in [-0.1, -0.05) is 48.5 Å². The van der Waals surface area contributed by atoms with Crippen LogP contribution >= 0.6 is 0 Å². The van der Waals surface area contributed by atoms with Crippen LogP contribution in [0.1, 0.15) is 24.4 Å². The molecule has 0 unspecified atom stereocenters. The van der Waals surface area contributed by atoms with E-state index in [9.17, 15) is 0 Å². The van der Waals surface area contributed by atoms with Crippen molar-refractivity contribution in [2.75, 3.05) is 6.61 Å². The maximum Gasteiger partial charge on any atom is 0.0431 e. The molecule has 0 radical (unpaired) electrons. The Morgan fingerprint density at radius 3 is 2.39 bits per heavy atom. The average Bonchev–Trinajstić information content (AvgIpc) is 2.46. The summed E-state index contributed by atoms with van der Waals surface area (Å²) in [6.07, 6.45) is 1.56. The predicted octanol–water partition coefficient (Wildman–Crippen LogP) is 3.13. The molecule has 1 atom stereocenters. The maximum atomic E-state index is 8.84. The summed E-state index contributed by atoms with van der Waals surface area (Å²) >= 11 is 0. The first-order valence-corrected chi connectivity index (χ1v) is 6.33. The number of hydrogen-bond acceptors (Lipinski definition) is 2. The van der Waals surface area contributed by atoms with Gasteiger partial charge in [0.25, 0.3) is 0 Å². The van der Waals surface area contributed by atoms with Crippen LogP contribution in [-0.2, 0) is 0 Å². The molecule has 0 aliphatic rings. The Balaban J connectivity index is 2.20. The van der Waals surface area contributed by atoms with Crippen molar-refractivity contribution >= 4 is 0 Å². The van der Waals surface area contributed by atoms with Crippen molar-refractivity contribution < 1.29 is 5.11 Å². The van der Waals surface area contributed by atoms with Crippen molar-refractivity contribution in [1.29, 1.82) is 0 Å². The second-order valence-corrected chi connectivity index (χ2v) is 4.46. The molecule has 0 saturated carbocycles. The Labute approximate surface area is 108 Å². The smallest absolute Gasteiger partial charge is 0.0431 e. The van der Waals surface area contributed by atoms with E-state index in [2.05, 4.69) is 30.3 Å². The van der Waals surface area contributed by atoms with Gasteiger partial charge in [0.1, 0.15) is 0 Å². The normalized spacial score (nSPS) is 12.3. The molecule has 0 spiro atoms. The molecular weight excluding hydrogens is 222 g/mol. The Morgan fingerprint density at radius 1 is 0.944 bits per heavy atom. The van der Waals surface area contributed by atoms with Crippen LogP contribution in [0.25, 0.3) is 11.1 Å². The molecule has 0 saturated heterocycles. The van der Waals surface area contributed by atoms with Gasteiger partial charge in [-0.15, -0.1) is 0 Å². The Bertz CT molecular complexity index is 481. The topological polar surface area (TPSA) is 46.2 Å². The molecule has 0 aliphatic heterocycles. The molecule has 2 aromatic carbocycles.